The molecular formula is C32H16N2O2. The molecule has 9 rings (SSSR count). The lowest BCUT2D eigenvalue weighted by molar-refractivity contribution is 1.20. The van der Waals surface area contributed by atoms with E-state index in [0.717, 1.165) is 65.2 Å². The zero-order chi connectivity index (χ0) is 23.7. The number of para-hydroxylation sites is 2. The van der Waals surface area contributed by atoms with E-state index >= 15 is 0 Å². The highest BCUT2D eigenvalue weighted by Gasteiger charge is 2.23. The molecule has 4 nitrogen and oxygen atoms in total. The summed E-state index contributed by atoms with van der Waals surface area (Å²) < 4.78 is 3.73. The van der Waals surface area contributed by atoms with Crippen molar-refractivity contribution in [2.75, 3.05) is 0 Å². The van der Waals surface area contributed by atoms with Crippen LogP contribution in [-0.2, 0) is 0 Å². The van der Waals surface area contributed by atoms with Crippen LogP contribution in [-0.4, -0.2) is 8.80 Å². The molecule has 0 fully saturated rings. The molecule has 0 saturated carbocycles. The van der Waals surface area contributed by atoms with Crippen LogP contribution in [0.25, 0.3) is 75.9 Å². The lowest BCUT2D eigenvalue weighted by Crippen LogP contribution is -2.13. The minimum Gasteiger partial charge on any atom is -0.275 e. The van der Waals surface area contributed by atoms with E-state index in [4.69, 9.17) is 0 Å². The second kappa shape index (κ2) is 5.99. The molecule has 0 aliphatic heterocycles. The third-order valence-corrected chi connectivity index (χ3v) is 8.00. The molecule has 0 unspecified atom stereocenters. The largest absolute Gasteiger partial charge is 0.275 e. The number of aromatic nitrogens is 2. The van der Waals surface area contributed by atoms with Crippen molar-refractivity contribution in [2.45, 2.75) is 0 Å². The van der Waals surface area contributed by atoms with E-state index in [0.29, 0.717) is 10.8 Å². The van der Waals surface area contributed by atoms with Crippen LogP contribution in [0.4, 0.5) is 0 Å². The Hall–Kier alpha value is -4.96. The van der Waals surface area contributed by atoms with Gasteiger partial charge in [0.05, 0.1) is 22.1 Å². The van der Waals surface area contributed by atoms with Crippen LogP contribution in [0, 0.1) is 0 Å². The van der Waals surface area contributed by atoms with E-state index in [2.05, 4.69) is 36.4 Å². The van der Waals surface area contributed by atoms with Gasteiger partial charge in [-0.05, 0) is 35.0 Å². The van der Waals surface area contributed by atoms with Crippen LogP contribution in [0.15, 0.2) is 107 Å². The summed E-state index contributed by atoms with van der Waals surface area (Å²) in [6.07, 6.45) is 0. The topological polar surface area (TPSA) is 43.0 Å². The molecule has 166 valence electrons. The monoisotopic (exact) mass is 460 g/mol. The fraction of sp³-hybridized carbons (Fsp3) is 0. The Kier molecular flexibility index (Phi) is 3.06. The minimum atomic E-state index is -0.0131. The van der Waals surface area contributed by atoms with E-state index in [-0.39, 0.29) is 11.1 Å². The molecule has 4 heteroatoms. The van der Waals surface area contributed by atoms with Crippen LogP contribution >= 0.6 is 0 Å². The number of rotatable bonds is 0. The zero-order valence-corrected chi connectivity index (χ0v) is 18.9. The van der Waals surface area contributed by atoms with Crippen molar-refractivity contribution in [1.82, 2.24) is 8.80 Å². The molecule has 5 aromatic carbocycles. The summed E-state index contributed by atoms with van der Waals surface area (Å²) in [5, 5.41) is 9.57. The highest BCUT2D eigenvalue weighted by molar-refractivity contribution is 6.33. The Morgan fingerprint density at radius 1 is 0.361 bits per heavy atom. The first-order valence-corrected chi connectivity index (χ1v) is 12.1. The quantitative estimate of drug-likeness (QED) is 0.236. The molecule has 0 amide bonds. The molecule has 0 spiro atoms. The third-order valence-electron chi connectivity index (χ3n) is 8.00. The Morgan fingerprint density at radius 3 is 1.17 bits per heavy atom. The summed E-state index contributed by atoms with van der Waals surface area (Å²) in [6.45, 7) is 0. The van der Waals surface area contributed by atoms with Crippen LogP contribution in [0.3, 0.4) is 0 Å². The van der Waals surface area contributed by atoms with Gasteiger partial charge < -0.3 is 0 Å². The Balaban J connectivity index is 1.68. The average molecular weight is 460 g/mol. The van der Waals surface area contributed by atoms with Gasteiger partial charge in [0.2, 0.25) is 0 Å². The van der Waals surface area contributed by atoms with Gasteiger partial charge in [0.1, 0.15) is 0 Å². The molecule has 36 heavy (non-hydrogen) atoms. The summed E-state index contributed by atoms with van der Waals surface area (Å²) in [4.78, 5) is 27.6. The van der Waals surface area contributed by atoms with Crippen LogP contribution in [0.1, 0.15) is 0 Å². The van der Waals surface area contributed by atoms with Gasteiger partial charge in [-0.3, -0.25) is 18.4 Å². The van der Waals surface area contributed by atoms with E-state index in [1.54, 1.807) is 0 Å². The summed E-state index contributed by atoms with van der Waals surface area (Å²) in [5.74, 6) is 0. The predicted molar refractivity (Wildman–Crippen MR) is 148 cm³/mol. The average Bonchev–Trinajstić information content (AvgIpc) is 3.45. The van der Waals surface area contributed by atoms with Gasteiger partial charge in [-0.15, -0.1) is 0 Å². The first kappa shape index (κ1) is 18.4. The maximum absolute atomic E-state index is 13.8. The maximum Gasteiger partial charge on any atom is 0.263 e. The molecule has 0 saturated heterocycles. The van der Waals surface area contributed by atoms with E-state index in [9.17, 15) is 9.59 Å². The standard InChI is InChI=1S/C32H16N2O2/c35-31-21-9-3-1-7-17(21)19-11-5-13-23-27-25(33(31)29(19)23)15-16-26-28(27)24-14-6-12-20-18-8-2-4-10-22(18)32(36)34(26)30(20)24/h1-16H. The van der Waals surface area contributed by atoms with Crippen molar-refractivity contribution in [3.8, 4) is 0 Å². The molecule has 0 aliphatic carbocycles. The highest BCUT2D eigenvalue weighted by Crippen LogP contribution is 2.42. The van der Waals surface area contributed by atoms with Crippen molar-refractivity contribution in [2.24, 2.45) is 0 Å². The summed E-state index contributed by atoms with van der Waals surface area (Å²) in [7, 11) is 0. The van der Waals surface area contributed by atoms with Gasteiger partial charge in [0.25, 0.3) is 11.1 Å². The summed E-state index contributed by atoms with van der Waals surface area (Å²) in [6, 6.07) is 32.2. The van der Waals surface area contributed by atoms with Crippen LogP contribution < -0.4 is 11.1 Å². The molecule has 0 N–H and O–H groups in total. The van der Waals surface area contributed by atoms with E-state index < -0.39 is 0 Å². The Bertz CT molecular complexity index is 2340. The van der Waals surface area contributed by atoms with Gasteiger partial charge in [0.15, 0.2) is 0 Å². The first-order valence-electron chi connectivity index (χ1n) is 12.1. The number of pyridine rings is 2. The molecule has 0 aliphatic rings. The van der Waals surface area contributed by atoms with Crippen LogP contribution in [0.5, 0.6) is 0 Å². The number of hydrogen-bond donors (Lipinski definition) is 0. The van der Waals surface area contributed by atoms with E-state index in [1.807, 2.05) is 69.5 Å². The smallest absolute Gasteiger partial charge is 0.263 e. The van der Waals surface area contributed by atoms with Crippen molar-refractivity contribution in [1.29, 1.82) is 0 Å². The van der Waals surface area contributed by atoms with Crippen molar-refractivity contribution in [3.05, 3.63) is 118 Å². The molecule has 0 bridgehead atoms. The SMILES string of the molecule is O=c1c2ccccc2c2cccc3c4c5c6cccc7c8ccccc8c(=O)n(c5ccc4n1c23)c76. The third kappa shape index (κ3) is 1.89. The number of fused-ring (bicyclic) bond motifs is 11. The maximum atomic E-state index is 13.8. The molecule has 4 heterocycles. The molecular weight excluding hydrogens is 444 g/mol. The summed E-state index contributed by atoms with van der Waals surface area (Å²) >= 11 is 0. The lowest BCUT2D eigenvalue weighted by atomic mass is 10.0. The second-order valence-electron chi connectivity index (χ2n) is 9.63. The number of nitrogens with zero attached hydrogens (tertiary/aromatic N) is 2. The molecule has 9 aromatic rings. The van der Waals surface area contributed by atoms with Crippen LogP contribution in [0.2, 0.25) is 0 Å². The van der Waals surface area contributed by atoms with Gasteiger partial charge in [-0.1, -0.05) is 72.8 Å². The van der Waals surface area contributed by atoms with Crippen molar-refractivity contribution >= 4 is 75.9 Å². The highest BCUT2D eigenvalue weighted by atomic mass is 16.1. The molecule has 4 aromatic heterocycles. The normalized spacial score (nSPS) is 12.7. The van der Waals surface area contributed by atoms with Crippen molar-refractivity contribution in [3.63, 3.8) is 0 Å². The molecule has 0 atom stereocenters. The van der Waals surface area contributed by atoms with Gasteiger partial charge >= 0.3 is 0 Å². The van der Waals surface area contributed by atoms with Gasteiger partial charge in [-0.25, -0.2) is 0 Å². The molecule has 0 radical (unpaired) electrons. The minimum absolute atomic E-state index is 0.0131. The first-order chi connectivity index (χ1) is 17.7. The van der Waals surface area contributed by atoms with E-state index in [1.165, 1.54) is 0 Å². The van der Waals surface area contributed by atoms with Gasteiger partial charge in [-0.2, -0.15) is 0 Å². The second-order valence-corrected chi connectivity index (χ2v) is 9.63. The fourth-order valence-corrected chi connectivity index (χ4v) is 6.62. The Labute approximate surface area is 202 Å². The fourth-order valence-electron chi connectivity index (χ4n) is 6.62. The Morgan fingerprint density at radius 2 is 0.722 bits per heavy atom. The number of hydrogen-bond acceptors (Lipinski definition) is 2. The lowest BCUT2D eigenvalue weighted by Gasteiger charge is -2.06. The number of benzene rings is 5. The van der Waals surface area contributed by atoms with Gasteiger partial charge in [0, 0.05) is 43.1 Å². The summed E-state index contributed by atoms with van der Waals surface area (Å²) in [5.41, 5.74) is 3.59. The predicted octanol–water partition coefficient (Wildman–Crippen LogP) is 6.71. The van der Waals surface area contributed by atoms with Crippen molar-refractivity contribution < 1.29 is 0 Å². The zero-order valence-electron chi connectivity index (χ0n) is 18.9.